The minimum atomic E-state index is 0. The topological polar surface area (TPSA) is 35.4 Å². The van der Waals surface area contributed by atoms with E-state index in [4.69, 9.17) is 4.42 Å². The number of fused-ring (bicyclic) bond motifs is 12. The summed E-state index contributed by atoms with van der Waals surface area (Å²) in [4.78, 5) is 0. The largest absolute Gasteiger partial charge is 0.456 e. The van der Waals surface area contributed by atoms with E-state index in [9.17, 15) is 0 Å². The quantitative estimate of drug-likeness (QED) is 0.165. The van der Waals surface area contributed by atoms with Crippen molar-refractivity contribution in [2.75, 3.05) is 0 Å². The molecule has 0 aliphatic heterocycles. The molecule has 10 rings (SSSR count). The SMILES string of the molecule is [Ir].[c-]1csc2c3cc(-c4ccc5oc6ccc(-n7c8ccccc8c8ccccc87)cc6c5c4)ccc3c3ccnn3c12. The first-order chi connectivity index (χ1) is 20.8. The number of pyridine rings is 1. The molecule has 0 fully saturated rings. The first-order valence-electron chi connectivity index (χ1n) is 14.0. The number of rotatable bonds is 2. The molecule has 0 bridgehead atoms. The number of benzene rings is 5. The van der Waals surface area contributed by atoms with Crippen molar-refractivity contribution in [2.24, 2.45) is 0 Å². The molecule has 0 spiro atoms. The van der Waals surface area contributed by atoms with Crippen molar-refractivity contribution in [1.29, 1.82) is 0 Å². The van der Waals surface area contributed by atoms with Crippen molar-refractivity contribution in [3.8, 4) is 16.8 Å². The van der Waals surface area contributed by atoms with Crippen LogP contribution in [0.4, 0.5) is 0 Å². The van der Waals surface area contributed by atoms with Gasteiger partial charge in [0, 0.05) is 53.5 Å². The van der Waals surface area contributed by atoms with Crippen LogP contribution in [0.15, 0.2) is 125 Å². The van der Waals surface area contributed by atoms with Gasteiger partial charge in [0.25, 0.3) is 0 Å². The van der Waals surface area contributed by atoms with Gasteiger partial charge in [-0.2, -0.15) is 5.10 Å². The smallest absolute Gasteiger partial charge is 0.135 e. The summed E-state index contributed by atoms with van der Waals surface area (Å²) in [5, 5.41) is 13.7. The van der Waals surface area contributed by atoms with Crippen molar-refractivity contribution in [3.63, 3.8) is 0 Å². The molecule has 10 aromatic rings. The molecular formula is C37H20IrN3OS-. The van der Waals surface area contributed by atoms with Gasteiger partial charge in [-0.15, -0.1) is 5.38 Å². The Hall–Kier alpha value is -4.74. The van der Waals surface area contributed by atoms with Crippen LogP contribution >= 0.6 is 11.3 Å². The van der Waals surface area contributed by atoms with Crippen LogP contribution in [0.3, 0.4) is 0 Å². The van der Waals surface area contributed by atoms with Gasteiger partial charge in [-0.05, 0) is 65.0 Å². The minimum absolute atomic E-state index is 0. The van der Waals surface area contributed by atoms with E-state index >= 15 is 0 Å². The van der Waals surface area contributed by atoms with Crippen LogP contribution in [0.2, 0.25) is 0 Å². The number of hydrogen-bond donors (Lipinski definition) is 0. The van der Waals surface area contributed by atoms with E-state index in [2.05, 4.69) is 125 Å². The summed E-state index contributed by atoms with van der Waals surface area (Å²) in [6.45, 7) is 0. The molecule has 0 atom stereocenters. The molecule has 5 aromatic carbocycles. The average molecular weight is 747 g/mol. The summed E-state index contributed by atoms with van der Waals surface area (Å²) in [6, 6.07) is 42.5. The molecule has 0 amide bonds. The molecule has 6 heteroatoms. The Balaban J connectivity index is 0.00000260. The van der Waals surface area contributed by atoms with Gasteiger partial charge in [0.05, 0.1) is 16.6 Å². The zero-order chi connectivity index (χ0) is 27.4. The van der Waals surface area contributed by atoms with Gasteiger partial charge in [0.15, 0.2) is 0 Å². The molecule has 5 heterocycles. The van der Waals surface area contributed by atoms with Crippen molar-refractivity contribution in [3.05, 3.63) is 127 Å². The van der Waals surface area contributed by atoms with E-state index in [1.54, 1.807) is 11.3 Å². The van der Waals surface area contributed by atoms with Crippen LogP contribution in [-0.2, 0) is 20.1 Å². The van der Waals surface area contributed by atoms with E-state index in [-0.39, 0.29) is 20.1 Å². The first kappa shape index (κ1) is 24.8. The van der Waals surface area contributed by atoms with Gasteiger partial charge in [-0.1, -0.05) is 76.3 Å². The second kappa shape index (κ2) is 9.13. The summed E-state index contributed by atoms with van der Waals surface area (Å²) in [7, 11) is 0. The molecule has 1 radical (unpaired) electrons. The van der Waals surface area contributed by atoms with Crippen molar-refractivity contribution in [1.82, 2.24) is 14.2 Å². The van der Waals surface area contributed by atoms with Crippen LogP contribution < -0.4 is 0 Å². The third-order valence-corrected chi connectivity index (χ3v) is 9.49. The molecule has 0 saturated heterocycles. The minimum Gasteiger partial charge on any atom is -0.456 e. The van der Waals surface area contributed by atoms with Gasteiger partial charge in [-0.25, -0.2) is 6.07 Å². The van der Waals surface area contributed by atoms with Crippen LogP contribution in [0.1, 0.15) is 0 Å². The van der Waals surface area contributed by atoms with Crippen LogP contribution in [-0.4, -0.2) is 14.2 Å². The van der Waals surface area contributed by atoms with Crippen LogP contribution in [0, 0.1) is 6.07 Å². The molecule has 0 unspecified atom stereocenters. The van der Waals surface area contributed by atoms with E-state index in [1.807, 2.05) is 16.1 Å². The molecule has 4 nitrogen and oxygen atoms in total. The summed E-state index contributed by atoms with van der Waals surface area (Å²) in [6.07, 6.45) is 1.86. The molecule has 5 aromatic heterocycles. The van der Waals surface area contributed by atoms with Gasteiger partial charge >= 0.3 is 0 Å². The predicted molar refractivity (Wildman–Crippen MR) is 174 cm³/mol. The Morgan fingerprint density at radius 1 is 0.605 bits per heavy atom. The number of thiophene rings is 1. The fourth-order valence-electron chi connectivity index (χ4n) is 6.72. The molecule has 0 aliphatic carbocycles. The maximum absolute atomic E-state index is 6.33. The molecule has 0 saturated carbocycles. The molecule has 0 aliphatic rings. The van der Waals surface area contributed by atoms with Gasteiger partial charge in [0.2, 0.25) is 0 Å². The number of para-hydroxylation sites is 2. The summed E-state index contributed by atoms with van der Waals surface area (Å²) in [5.74, 6) is 0. The molecule has 205 valence electrons. The Kier molecular flexibility index (Phi) is 5.27. The first-order valence-corrected chi connectivity index (χ1v) is 14.8. The fourth-order valence-corrected chi connectivity index (χ4v) is 7.56. The number of furan rings is 1. The van der Waals surface area contributed by atoms with Gasteiger partial charge in [-0.3, -0.25) is 15.9 Å². The van der Waals surface area contributed by atoms with E-state index in [0.29, 0.717) is 0 Å². The zero-order valence-electron chi connectivity index (χ0n) is 22.5. The average Bonchev–Trinajstić information content (AvgIpc) is 3.84. The van der Waals surface area contributed by atoms with Crippen molar-refractivity contribution < 1.29 is 24.5 Å². The summed E-state index contributed by atoms with van der Waals surface area (Å²) >= 11 is 1.71. The Labute approximate surface area is 262 Å². The standard InChI is InChI=1S/C37H20N3OS.Ir/c1-3-7-31-25(5-1)26-6-2-4-8-32(26)39(31)24-11-14-36-29(21-24)28-19-23(10-13-35(28)41-36)22-9-12-27-30(20-22)37-34(16-18-42-37)40-33(27)15-17-38-40;/h1-15,17-21H;/q-1;. The number of hydrogen-bond acceptors (Lipinski definition) is 3. The van der Waals surface area contributed by atoms with Gasteiger partial charge in [0.1, 0.15) is 11.2 Å². The van der Waals surface area contributed by atoms with Crippen molar-refractivity contribution in [2.45, 2.75) is 0 Å². The van der Waals surface area contributed by atoms with Crippen LogP contribution in [0.25, 0.3) is 87.1 Å². The Morgan fingerprint density at radius 3 is 2.05 bits per heavy atom. The Morgan fingerprint density at radius 2 is 1.26 bits per heavy atom. The maximum atomic E-state index is 6.33. The van der Waals surface area contributed by atoms with Crippen LogP contribution in [0.5, 0.6) is 0 Å². The van der Waals surface area contributed by atoms with Crippen molar-refractivity contribution >= 4 is 81.6 Å². The Bertz CT molecular complexity index is 2660. The van der Waals surface area contributed by atoms with E-state index < -0.39 is 0 Å². The van der Waals surface area contributed by atoms with Gasteiger partial charge < -0.3 is 8.98 Å². The monoisotopic (exact) mass is 747 g/mol. The van der Waals surface area contributed by atoms with E-state index in [0.717, 1.165) is 44.2 Å². The predicted octanol–water partition coefficient (Wildman–Crippen LogP) is 10.2. The second-order valence-electron chi connectivity index (χ2n) is 10.8. The molecular weight excluding hydrogens is 727 g/mol. The normalized spacial score (nSPS) is 12.0. The number of aromatic nitrogens is 3. The molecule has 0 N–H and O–H groups in total. The zero-order valence-corrected chi connectivity index (χ0v) is 25.8. The maximum Gasteiger partial charge on any atom is 0.135 e. The van der Waals surface area contributed by atoms with E-state index in [1.165, 1.54) is 42.8 Å². The fraction of sp³-hybridized carbons (Fsp3) is 0. The summed E-state index contributed by atoms with van der Waals surface area (Å²) < 4.78 is 11.9. The third kappa shape index (κ3) is 3.43. The third-order valence-electron chi connectivity index (χ3n) is 8.61. The number of nitrogens with zero attached hydrogens (tertiary/aromatic N) is 3. The second-order valence-corrected chi connectivity index (χ2v) is 11.7. The summed E-state index contributed by atoms with van der Waals surface area (Å²) in [5.41, 5.74) is 9.78. The molecule has 43 heavy (non-hydrogen) atoms.